The summed E-state index contributed by atoms with van der Waals surface area (Å²) in [6.45, 7) is 8.62. The zero-order valence-corrected chi connectivity index (χ0v) is 22.8. The van der Waals surface area contributed by atoms with Gasteiger partial charge in [-0.25, -0.2) is 0 Å². The van der Waals surface area contributed by atoms with E-state index in [0.29, 0.717) is 64.9 Å². The number of halogens is 1. The molecule has 5 rings (SSSR count). The molecular formula is C31H33ClO5. The average Bonchev–Trinajstić information content (AvgIpc) is 2.80. The third-order valence-corrected chi connectivity index (χ3v) is 7.67. The van der Waals surface area contributed by atoms with E-state index in [2.05, 4.69) is 27.7 Å². The molecule has 6 heteroatoms. The van der Waals surface area contributed by atoms with E-state index in [1.165, 1.54) is 0 Å². The van der Waals surface area contributed by atoms with Gasteiger partial charge in [0.15, 0.2) is 23.1 Å². The Balaban J connectivity index is 1.66. The summed E-state index contributed by atoms with van der Waals surface area (Å²) in [6.07, 6.45) is 2.08. The zero-order chi connectivity index (χ0) is 26.5. The summed E-state index contributed by atoms with van der Waals surface area (Å²) in [5.74, 6) is 1.93. The monoisotopic (exact) mass is 520 g/mol. The predicted octanol–water partition coefficient (Wildman–Crippen LogP) is 7.33. The van der Waals surface area contributed by atoms with Gasteiger partial charge in [0, 0.05) is 47.4 Å². The second-order valence-electron chi connectivity index (χ2n) is 11.9. The molecule has 1 heterocycles. The highest BCUT2D eigenvalue weighted by Crippen LogP contribution is 2.55. The predicted molar refractivity (Wildman–Crippen MR) is 143 cm³/mol. The van der Waals surface area contributed by atoms with Gasteiger partial charge in [-0.05, 0) is 34.6 Å². The number of rotatable bonds is 5. The molecule has 0 aromatic heterocycles. The highest BCUT2D eigenvalue weighted by molar-refractivity contribution is 6.30. The minimum atomic E-state index is -0.554. The lowest BCUT2D eigenvalue weighted by Crippen LogP contribution is -2.37. The molecule has 1 aliphatic heterocycles. The van der Waals surface area contributed by atoms with Crippen LogP contribution in [-0.4, -0.2) is 18.7 Å². The lowest BCUT2D eigenvalue weighted by molar-refractivity contribution is -0.120. The number of carbonyl (C=O) groups is 2. The molecule has 0 N–H and O–H groups in total. The Morgan fingerprint density at radius 3 is 1.97 bits per heavy atom. The van der Waals surface area contributed by atoms with E-state index < -0.39 is 5.92 Å². The summed E-state index contributed by atoms with van der Waals surface area (Å²) in [4.78, 5) is 27.3. The van der Waals surface area contributed by atoms with Crippen molar-refractivity contribution in [2.75, 3.05) is 7.11 Å². The summed E-state index contributed by atoms with van der Waals surface area (Å²) < 4.78 is 18.5. The molecule has 37 heavy (non-hydrogen) atoms. The van der Waals surface area contributed by atoms with Gasteiger partial charge in [-0.3, -0.25) is 9.59 Å². The van der Waals surface area contributed by atoms with Crippen LogP contribution in [0.5, 0.6) is 11.5 Å². The van der Waals surface area contributed by atoms with E-state index in [1.54, 1.807) is 7.11 Å². The van der Waals surface area contributed by atoms with Gasteiger partial charge in [-0.2, -0.15) is 0 Å². The molecule has 0 fully saturated rings. The third kappa shape index (κ3) is 4.94. The molecule has 2 aromatic rings. The van der Waals surface area contributed by atoms with E-state index in [0.717, 1.165) is 11.1 Å². The Morgan fingerprint density at radius 2 is 1.43 bits per heavy atom. The molecule has 2 aliphatic carbocycles. The fourth-order valence-corrected chi connectivity index (χ4v) is 5.92. The molecule has 0 amide bonds. The molecule has 0 unspecified atom stereocenters. The zero-order valence-electron chi connectivity index (χ0n) is 22.1. The number of benzene rings is 2. The number of methoxy groups -OCH3 is 1. The molecule has 2 aromatic carbocycles. The van der Waals surface area contributed by atoms with Crippen molar-refractivity contribution in [2.45, 2.75) is 65.9 Å². The minimum Gasteiger partial charge on any atom is -0.493 e. The first-order valence-corrected chi connectivity index (χ1v) is 13.1. The summed E-state index contributed by atoms with van der Waals surface area (Å²) in [5.41, 5.74) is 2.42. The number of hydrogen-bond acceptors (Lipinski definition) is 5. The highest BCUT2D eigenvalue weighted by Gasteiger charge is 2.48. The quantitative estimate of drug-likeness (QED) is 0.413. The van der Waals surface area contributed by atoms with Gasteiger partial charge in [-0.1, -0.05) is 63.6 Å². The lowest BCUT2D eigenvalue weighted by Gasteiger charge is -2.43. The van der Waals surface area contributed by atoms with E-state index >= 15 is 0 Å². The molecule has 0 saturated heterocycles. The van der Waals surface area contributed by atoms with Crippen molar-refractivity contribution in [2.24, 2.45) is 10.8 Å². The van der Waals surface area contributed by atoms with Crippen LogP contribution in [-0.2, 0) is 20.9 Å². The van der Waals surface area contributed by atoms with Gasteiger partial charge in [-0.15, -0.1) is 0 Å². The van der Waals surface area contributed by atoms with Crippen LogP contribution in [0, 0.1) is 10.8 Å². The van der Waals surface area contributed by atoms with Crippen LogP contribution in [0.25, 0.3) is 0 Å². The molecule has 0 atom stereocenters. The van der Waals surface area contributed by atoms with Crippen LogP contribution >= 0.6 is 11.6 Å². The Kier molecular flexibility index (Phi) is 6.47. The van der Waals surface area contributed by atoms with Gasteiger partial charge in [0.25, 0.3) is 0 Å². The van der Waals surface area contributed by atoms with Crippen molar-refractivity contribution in [3.05, 3.63) is 81.3 Å². The maximum atomic E-state index is 13.7. The number of ketones is 2. The first-order chi connectivity index (χ1) is 17.5. The van der Waals surface area contributed by atoms with Crippen LogP contribution < -0.4 is 9.47 Å². The fraction of sp³-hybridized carbons (Fsp3) is 0.419. The Bertz CT molecular complexity index is 1280. The molecule has 0 radical (unpaired) electrons. The standard InChI is InChI=1S/C31H33ClO5/c1-30(2)13-21(33)27-24(15-30)37-25-16-31(3,4)14-22(34)28(25)26(27)20-7-6-8-23(35-5)29(20)36-17-18-9-11-19(32)12-10-18/h6-12,26H,13-17H2,1-5H3. The number of hydrogen-bond donors (Lipinski definition) is 0. The summed E-state index contributed by atoms with van der Waals surface area (Å²) in [5, 5.41) is 0.653. The summed E-state index contributed by atoms with van der Waals surface area (Å²) in [7, 11) is 1.59. The average molecular weight is 521 g/mol. The maximum absolute atomic E-state index is 13.7. The van der Waals surface area contributed by atoms with Gasteiger partial charge < -0.3 is 14.2 Å². The molecule has 0 spiro atoms. The highest BCUT2D eigenvalue weighted by atomic mass is 35.5. The largest absolute Gasteiger partial charge is 0.493 e. The number of para-hydroxylation sites is 1. The first-order valence-electron chi connectivity index (χ1n) is 12.7. The third-order valence-electron chi connectivity index (χ3n) is 7.42. The molecule has 194 valence electrons. The van der Waals surface area contributed by atoms with Crippen molar-refractivity contribution >= 4 is 23.2 Å². The van der Waals surface area contributed by atoms with Crippen molar-refractivity contribution in [1.82, 2.24) is 0 Å². The molecule has 5 nitrogen and oxygen atoms in total. The number of Topliss-reactive ketones (excluding diaryl/α,β-unsaturated/α-hetero) is 2. The van der Waals surface area contributed by atoms with Crippen molar-refractivity contribution in [3.8, 4) is 11.5 Å². The van der Waals surface area contributed by atoms with Crippen LogP contribution in [0.4, 0.5) is 0 Å². The number of allylic oxidation sites excluding steroid dienone is 4. The first kappa shape index (κ1) is 25.6. The number of ether oxygens (including phenoxy) is 3. The van der Waals surface area contributed by atoms with Crippen molar-refractivity contribution < 1.29 is 23.8 Å². The second kappa shape index (κ2) is 9.36. The van der Waals surface area contributed by atoms with Crippen LogP contribution in [0.1, 0.15) is 70.4 Å². The van der Waals surface area contributed by atoms with E-state index in [-0.39, 0.29) is 29.0 Å². The molecular weight excluding hydrogens is 488 g/mol. The molecule has 0 bridgehead atoms. The number of carbonyl (C=O) groups excluding carboxylic acids is 2. The van der Waals surface area contributed by atoms with Crippen LogP contribution in [0.3, 0.4) is 0 Å². The van der Waals surface area contributed by atoms with Gasteiger partial charge in [0.05, 0.1) is 13.0 Å². The second-order valence-corrected chi connectivity index (χ2v) is 12.3. The normalized spacial score (nSPS) is 20.8. The smallest absolute Gasteiger partial charge is 0.165 e. The molecule has 3 aliphatic rings. The Hall–Kier alpha value is -3.05. The van der Waals surface area contributed by atoms with Gasteiger partial charge in [0.2, 0.25) is 0 Å². The summed E-state index contributed by atoms with van der Waals surface area (Å²) in [6, 6.07) is 13.1. The maximum Gasteiger partial charge on any atom is 0.165 e. The summed E-state index contributed by atoms with van der Waals surface area (Å²) >= 11 is 6.05. The van der Waals surface area contributed by atoms with Crippen LogP contribution in [0.15, 0.2) is 65.1 Å². The fourth-order valence-electron chi connectivity index (χ4n) is 5.80. The van der Waals surface area contributed by atoms with Crippen LogP contribution in [0.2, 0.25) is 5.02 Å². The van der Waals surface area contributed by atoms with E-state index in [4.69, 9.17) is 25.8 Å². The molecule has 0 saturated carbocycles. The van der Waals surface area contributed by atoms with E-state index in [9.17, 15) is 9.59 Å². The lowest BCUT2D eigenvalue weighted by atomic mass is 9.65. The van der Waals surface area contributed by atoms with Gasteiger partial charge in [0.1, 0.15) is 18.1 Å². The van der Waals surface area contributed by atoms with Crippen molar-refractivity contribution in [1.29, 1.82) is 0 Å². The Morgan fingerprint density at radius 1 is 0.865 bits per heavy atom. The Labute approximate surface area is 223 Å². The topological polar surface area (TPSA) is 61.8 Å². The van der Waals surface area contributed by atoms with E-state index in [1.807, 2.05) is 42.5 Å². The minimum absolute atomic E-state index is 0.0203. The van der Waals surface area contributed by atoms with Gasteiger partial charge >= 0.3 is 0 Å². The van der Waals surface area contributed by atoms with Crippen molar-refractivity contribution in [3.63, 3.8) is 0 Å². The SMILES string of the molecule is COc1cccc(C2C3=C(CC(C)(C)CC3=O)OC3=C2C(=O)CC(C)(C)C3)c1OCc1ccc(Cl)cc1.